The lowest BCUT2D eigenvalue weighted by Crippen LogP contribution is -2.25. The van der Waals surface area contributed by atoms with Crippen molar-refractivity contribution in [3.63, 3.8) is 0 Å². The number of nitrogens with one attached hydrogen (secondary N) is 3. The summed E-state index contributed by atoms with van der Waals surface area (Å²) in [4.78, 5) is 33.3. The van der Waals surface area contributed by atoms with Crippen molar-refractivity contribution in [3.05, 3.63) is 101 Å². The zero-order chi connectivity index (χ0) is 29.8. The van der Waals surface area contributed by atoms with Gasteiger partial charge in [-0.1, -0.05) is 36.1 Å². The molecule has 42 heavy (non-hydrogen) atoms. The van der Waals surface area contributed by atoms with Gasteiger partial charge in [0.05, 0.1) is 22.0 Å². The van der Waals surface area contributed by atoms with Crippen molar-refractivity contribution in [3.8, 4) is 17.0 Å². The lowest BCUT2D eigenvalue weighted by molar-refractivity contribution is -0.118. The molecule has 2 amide bonds. The molecule has 5 rings (SSSR count). The molecule has 13 heteroatoms. The summed E-state index contributed by atoms with van der Waals surface area (Å²) in [5.41, 5.74) is 14.4. The largest absolute Gasteiger partial charge is 0.482 e. The first-order valence-electron chi connectivity index (χ1n) is 12.3. The Kier molecular flexibility index (Phi) is 7.93. The molecule has 7 N–H and O–H groups in total. The van der Waals surface area contributed by atoms with E-state index in [0.29, 0.717) is 44.8 Å². The van der Waals surface area contributed by atoms with Gasteiger partial charge in [-0.2, -0.15) is 0 Å². The van der Waals surface area contributed by atoms with Gasteiger partial charge < -0.3 is 32.2 Å². The highest BCUT2D eigenvalue weighted by molar-refractivity contribution is 7.16. The fraction of sp³-hybridized carbons (Fsp3) is 0.0345. The van der Waals surface area contributed by atoms with Crippen LogP contribution in [-0.4, -0.2) is 29.6 Å². The third-order valence-electron chi connectivity index (χ3n) is 5.88. The number of nitrogen functional groups attached to an aromatic ring is 1. The maximum atomic E-state index is 14.0. The van der Waals surface area contributed by atoms with Gasteiger partial charge in [0.2, 0.25) is 0 Å². The number of amides is 2. The first-order valence-corrected chi connectivity index (χ1v) is 13.1. The second kappa shape index (κ2) is 11.9. The van der Waals surface area contributed by atoms with Crippen LogP contribution in [0.15, 0.2) is 84.1 Å². The van der Waals surface area contributed by atoms with Crippen molar-refractivity contribution >= 4 is 57.3 Å². The molecular formula is C29H23F2N7O3S. The fourth-order valence-corrected chi connectivity index (χ4v) is 4.82. The predicted octanol–water partition coefficient (Wildman–Crippen LogP) is 5.21. The van der Waals surface area contributed by atoms with Crippen LogP contribution in [0.4, 0.5) is 31.0 Å². The Labute approximate surface area is 242 Å². The molecular weight excluding hydrogens is 564 g/mol. The number of rotatable bonds is 8. The van der Waals surface area contributed by atoms with Crippen LogP contribution in [-0.2, 0) is 4.79 Å². The average molecular weight is 588 g/mol. The van der Waals surface area contributed by atoms with Crippen LogP contribution in [0.5, 0.6) is 5.75 Å². The third-order valence-corrected chi connectivity index (χ3v) is 6.81. The number of aliphatic imine (C=N–C) groups is 1. The number of ether oxygens (including phenoxy) is 1. The number of hydrogen-bond acceptors (Lipinski definition) is 9. The highest BCUT2D eigenvalue weighted by atomic mass is 32.1. The number of halogens is 2. The molecule has 4 aromatic rings. The minimum Gasteiger partial charge on any atom is -0.482 e. The first-order chi connectivity index (χ1) is 20.2. The molecule has 0 atom stereocenters. The SMILES string of the molecule is C=C(N=C/C=C(\N)c1sc(N)nc1-c1cccc(NC(=O)c2c(F)cccc2F)c1)Nc1ccc2c(c1)NC(=O)CO2. The average Bonchev–Trinajstić information content (AvgIpc) is 3.34. The molecule has 0 unspecified atom stereocenters. The normalized spacial score (nSPS) is 12.8. The molecule has 1 aromatic heterocycles. The molecule has 2 heterocycles. The molecule has 0 fully saturated rings. The number of carbonyl (C=O) groups is 2. The standard InChI is InChI=1S/C29H23F2N7O3S/c1-15(35-18-8-9-23-22(13-18)37-24(39)14-41-23)34-11-10-21(32)27-26(38-29(33)42-27)16-4-2-5-17(12-16)36-28(40)25-19(30)6-3-7-20(25)31/h2-13,35H,1,14,32H2,(H2,33,38)(H,36,40)(H,37,39)/b21-10-,34-11?. The molecule has 1 aliphatic heterocycles. The molecule has 0 saturated heterocycles. The quantitative estimate of drug-likeness (QED) is 0.177. The summed E-state index contributed by atoms with van der Waals surface area (Å²) >= 11 is 1.15. The van der Waals surface area contributed by atoms with E-state index in [1.807, 2.05) is 0 Å². The number of thiazole rings is 1. The second-order valence-corrected chi connectivity index (χ2v) is 9.91. The van der Waals surface area contributed by atoms with Crippen LogP contribution < -0.4 is 32.2 Å². The van der Waals surface area contributed by atoms with Gasteiger partial charge in [0, 0.05) is 23.2 Å². The molecule has 10 nitrogen and oxygen atoms in total. The molecule has 1 aliphatic rings. The Balaban J connectivity index is 1.30. The first kappa shape index (κ1) is 28.0. The number of benzene rings is 3. The highest BCUT2D eigenvalue weighted by Gasteiger charge is 2.19. The smallest absolute Gasteiger partial charge is 0.262 e. The number of anilines is 4. The van der Waals surface area contributed by atoms with Crippen LogP contribution in [0, 0.1) is 11.6 Å². The van der Waals surface area contributed by atoms with E-state index in [0.717, 1.165) is 23.5 Å². The minimum atomic E-state index is -0.971. The van der Waals surface area contributed by atoms with Crippen LogP contribution in [0.2, 0.25) is 0 Å². The Bertz CT molecular complexity index is 1760. The number of nitrogens with two attached hydrogens (primary N) is 2. The van der Waals surface area contributed by atoms with Crippen LogP contribution in [0.3, 0.4) is 0 Å². The number of carbonyl (C=O) groups excluding carboxylic acids is 2. The van der Waals surface area contributed by atoms with Gasteiger partial charge in [-0.05, 0) is 48.5 Å². The van der Waals surface area contributed by atoms with E-state index in [1.54, 1.807) is 48.5 Å². The Morgan fingerprint density at radius 1 is 1.10 bits per heavy atom. The number of hydrogen-bond donors (Lipinski definition) is 5. The van der Waals surface area contributed by atoms with Gasteiger partial charge in [-0.25, -0.2) is 18.8 Å². The Hall–Kier alpha value is -5.56. The summed E-state index contributed by atoms with van der Waals surface area (Å²) in [6, 6.07) is 14.9. The van der Waals surface area contributed by atoms with Gasteiger partial charge in [-0.15, -0.1) is 0 Å². The summed E-state index contributed by atoms with van der Waals surface area (Å²) in [5.74, 6) is -2.24. The van der Waals surface area contributed by atoms with Gasteiger partial charge in [0.25, 0.3) is 11.8 Å². The van der Waals surface area contributed by atoms with Crippen molar-refractivity contribution in [2.24, 2.45) is 10.7 Å². The molecule has 0 radical (unpaired) electrons. The minimum absolute atomic E-state index is 0.0314. The van der Waals surface area contributed by atoms with E-state index < -0.39 is 23.1 Å². The van der Waals surface area contributed by atoms with E-state index in [4.69, 9.17) is 16.2 Å². The maximum Gasteiger partial charge on any atom is 0.262 e. The molecule has 212 valence electrons. The van der Waals surface area contributed by atoms with Crippen LogP contribution in [0.25, 0.3) is 17.0 Å². The fourth-order valence-electron chi connectivity index (χ4n) is 4.02. The van der Waals surface area contributed by atoms with Crippen molar-refractivity contribution in [2.45, 2.75) is 0 Å². The zero-order valence-corrected chi connectivity index (χ0v) is 22.6. The van der Waals surface area contributed by atoms with Gasteiger partial charge in [-0.3, -0.25) is 9.59 Å². The summed E-state index contributed by atoms with van der Waals surface area (Å²) in [5, 5.41) is 8.51. The molecule has 0 saturated carbocycles. The Morgan fingerprint density at radius 2 is 1.83 bits per heavy atom. The summed E-state index contributed by atoms with van der Waals surface area (Å²) in [7, 11) is 0. The highest BCUT2D eigenvalue weighted by Crippen LogP contribution is 2.34. The monoisotopic (exact) mass is 587 g/mol. The molecule has 3 aromatic carbocycles. The van der Waals surface area contributed by atoms with E-state index in [1.165, 1.54) is 12.3 Å². The van der Waals surface area contributed by atoms with Gasteiger partial charge in [0.15, 0.2) is 11.7 Å². The summed E-state index contributed by atoms with van der Waals surface area (Å²) in [6.45, 7) is 3.84. The van der Waals surface area contributed by atoms with Gasteiger partial charge >= 0.3 is 0 Å². The number of fused-ring (bicyclic) bond motifs is 1. The Morgan fingerprint density at radius 3 is 2.62 bits per heavy atom. The lowest BCUT2D eigenvalue weighted by atomic mass is 10.1. The predicted molar refractivity (Wildman–Crippen MR) is 160 cm³/mol. The summed E-state index contributed by atoms with van der Waals surface area (Å²) in [6.07, 6.45) is 3.00. The van der Waals surface area contributed by atoms with Crippen molar-refractivity contribution in [2.75, 3.05) is 28.3 Å². The maximum absolute atomic E-state index is 14.0. The molecule has 0 aliphatic carbocycles. The zero-order valence-electron chi connectivity index (χ0n) is 21.8. The van der Waals surface area contributed by atoms with Crippen molar-refractivity contribution in [1.29, 1.82) is 0 Å². The third kappa shape index (κ3) is 6.26. The van der Waals surface area contributed by atoms with Crippen molar-refractivity contribution in [1.82, 2.24) is 4.98 Å². The molecule has 0 spiro atoms. The van der Waals surface area contributed by atoms with Crippen LogP contribution >= 0.6 is 11.3 Å². The van der Waals surface area contributed by atoms with E-state index >= 15 is 0 Å². The van der Waals surface area contributed by atoms with Crippen molar-refractivity contribution < 1.29 is 23.1 Å². The van der Waals surface area contributed by atoms with E-state index in [9.17, 15) is 18.4 Å². The number of allylic oxidation sites excluding steroid dienone is 1. The summed E-state index contributed by atoms with van der Waals surface area (Å²) < 4.78 is 33.4. The van der Waals surface area contributed by atoms with E-state index in [-0.39, 0.29) is 23.3 Å². The second-order valence-electron chi connectivity index (χ2n) is 8.88. The lowest BCUT2D eigenvalue weighted by Gasteiger charge is -2.18. The van der Waals surface area contributed by atoms with E-state index in [2.05, 4.69) is 32.5 Å². The molecule has 0 bridgehead atoms. The van der Waals surface area contributed by atoms with Gasteiger partial charge in [0.1, 0.15) is 28.8 Å². The topological polar surface area (TPSA) is 157 Å². The number of aromatic nitrogens is 1. The van der Waals surface area contributed by atoms with Crippen LogP contribution in [0.1, 0.15) is 15.2 Å². The number of nitrogens with zero attached hydrogens (tertiary/aromatic N) is 2.